The number of carbonyl (C=O) groups is 1. The maximum atomic E-state index is 15.1. The molecule has 1 amide bonds. The average molecular weight is 504 g/mol. The second kappa shape index (κ2) is 9.28. The lowest BCUT2D eigenvalue weighted by Gasteiger charge is -2.32. The summed E-state index contributed by atoms with van der Waals surface area (Å²) in [7, 11) is -4.07. The van der Waals surface area contributed by atoms with E-state index >= 15 is 4.39 Å². The van der Waals surface area contributed by atoms with Gasteiger partial charge in [-0.05, 0) is 98.2 Å². The van der Waals surface area contributed by atoms with Crippen molar-refractivity contribution in [1.29, 1.82) is 0 Å². The van der Waals surface area contributed by atoms with E-state index in [0.717, 1.165) is 37.8 Å². The molecule has 2 aliphatic carbocycles. The first-order valence-corrected chi connectivity index (χ1v) is 13.9. The fourth-order valence-electron chi connectivity index (χ4n) is 5.81. The lowest BCUT2D eigenvalue weighted by Crippen LogP contribution is -2.42. The maximum Gasteiger partial charge on any atom is 0.225 e. The van der Waals surface area contributed by atoms with Crippen molar-refractivity contribution in [2.75, 3.05) is 19.7 Å². The third kappa shape index (κ3) is 4.40. The van der Waals surface area contributed by atoms with Gasteiger partial charge in [0.05, 0.1) is 4.90 Å². The Kier molecular flexibility index (Phi) is 6.46. The molecule has 2 aromatic rings. The fraction of sp³-hybridized carbons (Fsp3) is 0.519. The first kappa shape index (κ1) is 24.4. The van der Waals surface area contributed by atoms with E-state index in [1.54, 1.807) is 17.0 Å². The molecule has 3 aliphatic rings. The molecule has 1 aliphatic heterocycles. The number of hydrogen-bond acceptors (Lipinski definition) is 4. The van der Waals surface area contributed by atoms with Gasteiger partial charge in [-0.3, -0.25) is 4.79 Å². The van der Waals surface area contributed by atoms with Gasteiger partial charge in [0.2, 0.25) is 5.91 Å². The normalized spacial score (nSPS) is 27.2. The molecule has 2 saturated carbocycles. The number of sulfone groups is 1. The second-order valence-electron chi connectivity index (χ2n) is 10.4. The number of aliphatic hydroxyl groups excluding tert-OH is 1. The van der Waals surface area contributed by atoms with Gasteiger partial charge >= 0.3 is 0 Å². The van der Waals surface area contributed by atoms with Gasteiger partial charge in [-0.15, -0.1) is 0 Å². The Morgan fingerprint density at radius 2 is 1.69 bits per heavy atom. The highest BCUT2D eigenvalue weighted by molar-refractivity contribution is 7.92. The van der Waals surface area contributed by atoms with E-state index in [1.807, 2.05) is 0 Å². The molecule has 1 atom stereocenters. The molecule has 1 heterocycles. The Labute approximate surface area is 205 Å². The van der Waals surface area contributed by atoms with Crippen molar-refractivity contribution in [2.45, 2.75) is 60.5 Å². The summed E-state index contributed by atoms with van der Waals surface area (Å²) < 4.78 is 55.2. The van der Waals surface area contributed by atoms with Crippen molar-refractivity contribution in [3.8, 4) is 0 Å². The van der Waals surface area contributed by atoms with Crippen LogP contribution >= 0.6 is 0 Å². The summed E-state index contributed by atoms with van der Waals surface area (Å²) in [6, 6.07) is 9.39. The molecule has 0 spiro atoms. The third-order valence-electron chi connectivity index (χ3n) is 8.18. The third-order valence-corrected chi connectivity index (χ3v) is 10.7. The van der Waals surface area contributed by atoms with E-state index in [9.17, 15) is 22.7 Å². The molecule has 188 valence electrons. The van der Waals surface area contributed by atoms with E-state index in [2.05, 4.69) is 0 Å². The van der Waals surface area contributed by atoms with Crippen molar-refractivity contribution in [2.24, 2.45) is 11.8 Å². The SMILES string of the molecule is O=C([C@H]1CC[C@H](CO)CC1)N1CC[C@](c2ccc(C3CC3)c(F)c2)(S(=O)(=O)c2ccc(F)cc2)C1. The van der Waals surface area contributed by atoms with Crippen LogP contribution in [0, 0.1) is 23.5 Å². The van der Waals surface area contributed by atoms with Gasteiger partial charge < -0.3 is 10.0 Å². The molecule has 1 N–H and O–H groups in total. The van der Waals surface area contributed by atoms with Crippen LogP contribution in [-0.2, 0) is 19.4 Å². The van der Waals surface area contributed by atoms with Crippen LogP contribution in [0.5, 0.6) is 0 Å². The monoisotopic (exact) mass is 503 g/mol. The van der Waals surface area contributed by atoms with Gasteiger partial charge in [0.25, 0.3) is 0 Å². The number of likely N-dealkylation sites (tertiary alicyclic amines) is 1. The molecule has 2 aromatic carbocycles. The summed E-state index contributed by atoms with van der Waals surface area (Å²) in [5.41, 5.74) is 0.942. The minimum Gasteiger partial charge on any atom is -0.396 e. The number of rotatable bonds is 6. The van der Waals surface area contributed by atoms with Crippen LogP contribution in [0.25, 0.3) is 0 Å². The first-order valence-electron chi connectivity index (χ1n) is 12.4. The van der Waals surface area contributed by atoms with Crippen LogP contribution < -0.4 is 0 Å². The fourth-order valence-corrected chi connectivity index (χ4v) is 7.87. The Morgan fingerprint density at radius 1 is 1.00 bits per heavy atom. The molecule has 0 radical (unpaired) electrons. The van der Waals surface area contributed by atoms with E-state index < -0.39 is 26.2 Å². The average Bonchev–Trinajstić information content (AvgIpc) is 3.60. The minimum atomic E-state index is -4.07. The highest BCUT2D eigenvalue weighted by Crippen LogP contribution is 2.47. The number of halogens is 2. The second-order valence-corrected chi connectivity index (χ2v) is 12.6. The van der Waals surface area contributed by atoms with Crippen molar-refractivity contribution >= 4 is 15.7 Å². The molecular weight excluding hydrogens is 472 g/mol. The Bertz CT molecular complexity index is 1200. The quantitative estimate of drug-likeness (QED) is 0.588. The zero-order valence-corrected chi connectivity index (χ0v) is 20.4. The molecule has 0 bridgehead atoms. The number of benzene rings is 2. The van der Waals surface area contributed by atoms with Crippen LogP contribution in [0.4, 0.5) is 8.78 Å². The molecule has 5 rings (SSSR count). The molecular formula is C27H31F2NO4S. The summed E-state index contributed by atoms with van der Waals surface area (Å²) >= 11 is 0. The summed E-state index contributed by atoms with van der Waals surface area (Å²) in [6.07, 6.45) is 4.88. The topological polar surface area (TPSA) is 74.7 Å². The van der Waals surface area contributed by atoms with Crippen LogP contribution in [-0.4, -0.2) is 44.0 Å². The number of carbonyl (C=O) groups excluding carboxylic acids is 1. The van der Waals surface area contributed by atoms with Crippen molar-refractivity contribution in [3.63, 3.8) is 0 Å². The van der Waals surface area contributed by atoms with Gasteiger partial charge in [0.1, 0.15) is 16.4 Å². The zero-order valence-electron chi connectivity index (χ0n) is 19.6. The van der Waals surface area contributed by atoms with Gasteiger partial charge in [-0.2, -0.15) is 0 Å². The standard InChI is InChI=1S/C27H31F2NO4S/c28-22-8-10-23(11-9-22)35(33,34)27(21-7-12-24(19-5-6-19)25(29)15-21)13-14-30(17-27)26(32)20-3-1-18(16-31)2-4-20/h7-12,15,18-20,31H,1-6,13-14,16-17H2/t18-,20-,27-/m0/s1. The maximum absolute atomic E-state index is 15.1. The summed E-state index contributed by atoms with van der Waals surface area (Å²) in [6.45, 7) is 0.310. The molecule has 8 heteroatoms. The van der Waals surface area contributed by atoms with Gasteiger partial charge in [-0.25, -0.2) is 17.2 Å². The molecule has 3 fully saturated rings. The van der Waals surface area contributed by atoms with E-state index in [-0.39, 0.29) is 54.7 Å². The van der Waals surface area contributed by atoms with Crippen molar-refractivity contribution in [3.05, 3.63) is 65.2 Å². The van der Waals surface area contributed by atoms with Crippen molar-refractivity contribution in [1.82, 2.24) is 4.90 Å². The minimum absolute atomic E-state index is 0.0386. The summed E-state index contributed by atoms with van der Waals surface area (Å²) in [5.74, 6) is -0.831. The predicted octanol–water partition coefficient (Wildman–Crippen LogP) is 4.54. The van der Waals surface area contributed by atoms with Crippen LogP contribution in [0.1, 0.15) is 62.0 Å². The number of hydrogen-bond donors (Lipinski definition) is 1. The van der Waals surface area contributed by atoms with E-state index in [4.69, 9.17) is 0 Å². The summed E-state index contributed by atoms with van der Waals surface area (Å²) in [4.78, 5) is 15.0. The van der Waals surface area contributed by atoms with Crippen LogP contribution in [0.2, 0.25) is 0 Å². The lowest BCUT2D eigenvalue weighted by atomic mass is 9.82. The zero-order chi connectivity index (χ0) is 24.8. The van der Waals surface area contributed by atoms with Gasteiger partial charge in [0, 0.05) is 25.6 Å². The van der Waals surface area contributed by atoms with Crippen LogP contribution in [0.15, 0.2) is 47.4 Å². The Hall–Kier alpha value is -2.32. The molecule has 5 nitrogen and oxygen atoms in total. The number of aliphatic hydroxyl groups is 1. The van der Waals surface area contributed by atoms with Crippen LogP contribution in [0.3, 0.4) is 0 Å². The summed E-state index contributed by atoms with van der Waals surface area (Å²) in [5, 5.41) is 9.40. The lowest BCUT2D eigenvalue weighted by molar-refractivity contribution is -0.136. The smallest absolute Gasteiger partial charge is 0.225 e. The van der Waals surface area contributed by atoms with E-state index in [1.165, 1.54) is 18.2 Å². The van der Waals surface area contributed by atoms with Gasteiger partial charge in [-0.1, -0.05) is 12.1 Å². The van der Waals surface area contributed by atoms with Crippen molar-refractivity contribution < 1.29 is 27.1 Å². The molecule has 35 heavy (non-hydrogen) atoms. The highest BCUT2D eigenvalue weighted by Gasteiger charge is 2.53. The van der Waals surface area contributed by atoms with Gasteiger partial charge in [0.15, 0.2) is 9.84 Å². The number of amides is 1. The molecule has 1 saturated heterocycles. The first-order chi connectivity index (χ1) is 16.7. The number of nitrogens with zero attached hydrogens (tertiary/aromatic N) is 1. The Balaban J connectivity index is 1.50. The Morgan fingerprint density at radius 3 is 2.29 bits per heavy atom. The largest absolute Gasteiger partial charge is 0.396 e. The predicted molar refractivity (Wildman–Crippen MR) is 127 cm³/mol. The highest BCUT2D eigenvalue weighted by atomic mass is 32.2. The molecule has 0 unspecified atom stereocenters. The van der Waals surface area contributed by atoms with E-state index in [0.29, 0.717) is 24.0 Å². The molecule has 0 aromatic heterocycles.